The van der Waals surface area contributed by atoms with E-state index in [0.29, 0.717) is 20.9 Å². The normalized spacial score (nSPS) is 10.0. The van der Waals surface area contributed by atoms with Crippen molar-refractivity contribution in [2.24, 2.45) is 0 Å². The van der Waals surface area contributed by atoms with Crippen molar-refractivity contribution in [1.82, 2.24) is 0 Å². The van der Waals surface area contributed by atoms with Crippen LogP contribution in [0.15, 0.2) is 0 Å². The summed E-state index contributed by atoms with van der Waals surface area (Å²) in [5.74, 6) is 0. The molecule has 2 heteroatoms. The van der Waals surface area contributed by atoms with Crippen LogP contribution in [-0.4, -0.2) is 35.9 Å². The Morgan fingerprint density at radius 3 is 2.67 bits per heavy atom. The van der Waals surface area contributed by atoms with E-state index >= 15 is 0 Å². The molecular formula is C7H16SeTe. The zero-order valence-corrected chi connectivity index (χ0v) is 10.4. The number of hydrogen-bond donors (Lipinski definition) is 0. The van der Waals surface area contributed by atoms with Crippen molar-refractivity contribution in [3.8, 4) is 0 Å². The zero-order valence-electron chi connectivity index (χ0n) is 6.35. The van der Waals surface area contributed by atoms with E-state index in [-0.39, 0.29) is 0 Å². The van der Waals surface area contributed by atoms with Crippen molar-refractivity contribution in [2.45, 2.75) is 39.8 Å². The summed E-state index contributed by atoms with van der Waals surface area (Å²) in [5, 5.41) is 2.99. The van der Waals surface area contributed by atoms with Crippen molar-refractivity contribution in [3.63, 3.8) is 0 Å². The Kier molecular flexibility index (Phi) is 10.7. The van der Waals surface area contributed by atoms with Gasteiger partial charge in [-0.3, -0.25) is 0 Å². The average Bonchev–Trinajstić information content (AvgIpc) is 1.89. The predicted molar refractivity (Wildman–Crippen MR) is 46.7 cm³/mol. The van der Waals surface area contributed by atoms with Crippen LogP contribution in [0.4, 0.5) is 0 Å². The molecule has 0 saturated carbocycles. The summed E-state index contributed by atoms with van der Waals surface area (Å²) in [4.78, 5) is 0. The Labute approximate surface area is 75.4 Å². The van der Waals surface area contributed by atoms with Gasteiger partial charge in [-0.1, -0.05) is 0 Å². The second-order valence-electron chi connectivity index (χ2n) is 1.75. The molecule has 9 heavy (non-hydrogen) atoms. The molecule has 0 heterocycles. The topological polar surface area (TPSA) is 0 Å². The summed E-state index contributed by atoms with van der Waals surface area (Å²) in [6.07, 6.45) is 1.55. The van der Waals surface area contributed by atoms with Gasteiger partial charge in [-0.15, -0.1) is 0 Å². The minimum absolute atomic E-state index is 0.470. The molecule has 0 bridgehead atoms. The summed E-state index contributed by atoms with van der Waals surface area (Å²) < 4.78 is 3.10. The number of rotatable bonds is 6. The van der Waals surface area contributed by atoms with Gasteiger partial charge in [0.15, 0.2) is 0 Å². The molecule has 0 aliphatic heterocycles. The van der Waals surface area contributed by atoms with Crippen LogP contribution in [0.5, 0.6) is 0 Å². The van der Waals surface area contributed by atoms with Gasteiger partial charge in [0.2, 0.25) is 0 Å². The van der Waals surface area contributed by atoms with Crippen molar-refractivity contribution < 1.29 is 0 Å². The summed E-state index contributed by atoms with van der Waals surface area (Å²) in [5.41, 5.74) is 0. The first kappa shape index (κ1) is 10.3. The van der Waals surface area contributed by atoms with Crippen molar-refractivity contribution in [2.75, 3.05) is 0 Å². The zero-order chi connectivity index (χ0) is 6.95. The van der Waals surface area contributed by atoms with Gasteiger partial charge in [0, 0.05) is 0 Å². The summed E-state index contributed by atoms with van der Waals surface area (Å²) >= 11 is 1.46. The van der Waals surface area contributed by atoms with Crippen molar-refractivity contribution in [1.29, 1.82) is 0 Å². The standard InChI is InChI=1S/C7H16SeTe/c1-3-8-6-5-7-9-4-2/h3-7H2,1-2H3. The van der Waals surface area contributed by atoms with Crippen LogP contribution >= 0.6 is 0 Å². The fourth-order valence-corrected chi connectivity index (χ4v) is 4.99. The van der Waals surface area contributed by atoms with Gasteiger partial charge in [0.25, 0.3) is 0 Å². The third-order valence-electron chi connectivity index (χ3n) is 0.986. The fraction of sp³-hybridized carbons (Fsp3) is 1.00. The van der Waals surface area contributed by atoms with Gasteiger partial charge < -0.3 is 0 Å². The molecule has 0 N–H and O–H groups in total. The Bertz CT molecular complexity index is 42.2. The van der Waals surface area contributed by atoms with E-state index < -0.39 is 0 Å². The van der Waals surface area contributed by atoms with Crippen LogP contribution in [0.2, 0.25) is 19.6 Å². The van der Waals surface area contributed by atoms with Crippen molar-refractivity contribution in [3.05, 3.63) is 0 Å². The van der Waals surface area contributed by atoms with Crippen LogP contribution in [0.3, 0.4) is 0 Å². The van der Waals surface area contributed by atoms with E-state index in [9.17, 15) is 0 Å². The molecule has 0 fully saturated rings. The molecule has 56 valence electrons. The van der Waals surface area contributed by atoms with Gasteiger partial charge in [-0.05, 0) is 0 Å². The van der Waals surface area contributed by atoms with Gasteiger partial charge in [0.05, 0.1) is 0 Å². The van der Waals surface area contributed by atoms with E-state index in [1.807, 2.05) is 0 Å². The molecule has 0 radical (unpaired) electrons. The monoisotopic (exact) mass is 310 g/mol. The fourth-order valence-electron chi connectivity index (χ4n) is 0.552. The van der Waals surface area contributed by atoms with Crippen LogP contribution in [0.25, 0.3) is 0 Å². The van der Waals surface area contributed by atoms with Gasteiger partial charge in [-0.2, -0.15) is 0 Å². The molecule has 0 unspecified atom stereocenters. The van der Waals surface area contributed by atoms with Crippen LogP contribution in [0.1, 0.15) is 20.3 Å². The molecule has 0 saturated heterocycles. The minimum atomic E-state index is 0.470. The van der Waals surface area contributed by atoms with Gasteiger partial charge in [-0.25, -0.2) is 0 Å². The second-order valence-corrected chi connectivity index (χ2v) is 8.65. The first-order chi connectivity index (χ1) is 4.41. The summed E-state index contributed by atoms with van der Waals surface area (Å²) in [6, 6.07) is 0. The Morgan fingerprint density at radius 2 is 2.11 bits per heavy atom. The van der Waals surface area contributed by atoms with Crippen LogP contribution < -0.4 is 0 Å². The van der Waals surface area contributed by atoms with E-state index in [4.69, 9.17) is 0 Å². The molecule has 0 rings (SSSR count). The molecule has 0 spiro atoms. The van der Waals surface area contributed by atoms with Gasteiger partial charge >= 0.3 is 75.7 Å². The van der Waals surface area contributed by atoms with Crippen molar-refractivity contribution >= 4 is 35.9 Å². The average molecular weight is 307 g/mol. The quantitative estimate of drug-likeness (QED) is 0.522. The molecule has 0 aliphatic carbocycles. The first-order valence-corrected chi connectivity index (χ1v) is 9.29. The summed E-state index contributed by atoms with van der Waals surface area (Å²) in [6.45, 7) is 4.63. The molecule has 0 nitrogen and oxygen atoms in total. The maximum atomic E-state index is 2.33. The Balaban J connectivity index is 2.60. The SMILES string of the molecule is CC[Se]CCC[Te]CC. The molecule has 0 amide bonds. The third kappa shape index (κ3) is 9.31. The van der Waals surface area contributed by atoms with E-state index in [1.54, 1.807) is 16.2 Å². The Morgan fingerprint density at radius 1 is 1.33 bits per heavy atom. The second kappa shape index (κ2) is 9.31. The molecule has 0 aromatic heterocycles. The van der Waals surface area contributed by atoms with Crippen LogP contribution in [0, 0.1) is 0 Å². The third-order valence-corrected chi connectivity index (χ3v) is 5.87. The molecule has 0 aromatic carbocycles. The molecule has 0 aliphatic rings. The first-order valence-electron chi connectivity index (χ1n) is 3.57. The van der Waals surface area contributed by atoms with Crippen LogP contribution in [-0.2, 0) is 0 Å². The van der Waals surface area contributed by atoms with E-state index in [1.165, 1.54) is 9.79 Å². The van der Waals surface area contributed by atoms with E-state index in [2.05, 4.69) is 13.8 Å². The Hall–Kier alpha value is 1.31. The molecule has 0 aromatic rings. The summed E-state index contributed by atoms with van der Waals surface area (Å²) in [7, 11) is 0. The maximum absolute atomic E-state index is 2.33. The van der Waals surface area contributed by atoms with E-state index in [0.717, 1.165) is 15.0 Å². The number of hydrogen-bond acceptors (Lipinski definition) is 0. The van der Waals surface area contributed by atoms with Gasteiger partial charge in [0.1, 0.15) is 0 Å². The molecule has 0 atom stereocenters. The molecular weight excluding hydrogens is 291 g/mol. The predicted octanol–water partition coefficient (Wildman–Crippen LogP) is 2.50.